The van der Waals surface area contributed by atoms with Gasteiger partial charge in [0.2, 0.25) is 5.89 Å². The summed E-state index contributed by atoms with van der Waals surface area (Å²) < 4.78 is 12.0. The molecule has 0 bridgehead atoms. The van der Waals surface area contributed by atoms with Crippen LogP contribution in [0, 0.1) is 0 Å². The Morgan fingerprint density at radius 3 is 2.81 bits per heavy atom. The molecule has 3 rings (SSSR count). The van der Waals surface area contributed by atoms with Gasteiger partial charge in [-0.05, 0) is 28.1 Å². The predicted octanol–water partition coefficient (Wildman–Crippen LogP) is 2.92. The fourth-order valence-electron chi connectivity index (χ4n) is 2.10. The first kappa shape index (κ1) is 15.0. The zero-order chi connectivity index (χ0) is 14.5. The summed E-state index contributed by atoms with van der Waals surface area (Å²) in [7, 11) is 0. The SMILES string of the molecule is Brc1ccccc1-c1nnc(SCCN2CCOCC2)o1. The highest BCUT2D eigenvalue weighted by atomic mass is 79.9. The minimum atomic E-state index is 0.552. The van der Waals surface area contributed by atoms with Gasteiger partial charge in [-0.2, -0.15) is 0 Å². The summed E-state index contributed by atoms with van der Waals surface area (Å²) >= 11 is 5.09. The number of thioether (sulfide) groups is 1. The molecule has 1 saturated heterocycles. The second kappa shape index (κ2) is 7.40. The minimum absolute atomic E-state index is 0.552. The van der Waals surface area contributed by atoms with Crippen molar-refractivity contribution in [3.63, 3.8) is 0 Å². The third-order valence-corrected chi connectivity index (χ3v) is 4.74. The van der Waals surface area contributed by atoms with E-state index in [1.165, 1.54) is 0 Å². The largest absolute Gasteiger partial charge is 0.411 e. The van der Waals surface area contributed by atoms with E-state index in [1.807, 2.05) is 24.3 Å². The van der Waals surface area contributed by atoms with Crippen LogP contribution in [0.5, 0.6) is 0 Å². The van der Waals surface area contributed by atoms with E-state index in [0.29, 0.717) is 11.1 Å². The van der Waals surface area contributed by atoms with E-state index in [9.17, 15) is 0 Å². The number of halogens is 1. The van der Waals surface area contributed by atoms with Crippen LogP contribution in [-0.4, -0.2) is 53.7 Å². The minimum Gasteiger partial charge on any atom is -0.411 e. The lowest BCUT2D eigenvalue weighted by Gasteiger charge is -2.25. The molecule has 0 spiro atoms. The van der Waals surface area contributed by atoms with Gasteiger partial charge in [0.15, 0.2) is 0 Å². The standard InChI is InChI=1S/C14H16BrN3O2S/c15-12-4-2-1-3-11(12)13-16-17-14(20-13)21-10-7-18-5-8-19-9-6-18/h1-4H,5-10H2. The van der Waals surface area contributed by atoms with Crippen molar-refractivity contribution in [2.45, 2.75) is 5.22 Å². The average molecular weight is 370 g/mol. The van der Waals surface area contributed by atoms with Gasteiger partial charge in [-0.25, -0.2) is 0 Å². The number of morpholine rings is 1. The smallest absolute Gasteiger partial charge is 0.276 e. The van der Waals surface area contributed by atoms with Crippen LogP contribution in [-0.2, 0) is 4.74 Å². The third kappa shape index (κ3) is 4.06. The first-order valence-electron chi connectivity index (χ1n) is 6.84. The highest BCUT2D eigenvalue weighted by Crippen LogP contribution is 2.28. The van der Waals surface area contributed by atoms with Crippen molar-refractivity contribution in [1.29, 1.82) is 0 Å². The summed E-state index contributed by atoms with van der Waals surface area (Å²) in [5, 5.41) is 8.83. The zero-order valence-corrected chi connectivity index (χ0v) is 13.9. The summed E-state index contributed by atoms with van der Waals surface area (Å²) in [5.74, 6) is 1.49. The van der Waals surface area contributed by atoms with Crippen LogP contribution in [0.1, 0.15) is 0 Å². The monoisotopic (exact) mass is 369 g/mol. The topological polar surface area (TPSA) is 51.4 Å². The van der Waals surface area contributed by atoms with Crippen molar-refractivity contribution in [3.8, 4) is 11.5 Å². The highest BCUT2D eigenvalue weighted by molar-refractivity contribution is 9.10. The molecule has 0 N–H and O–H groups in total. The lowest BCUT2D eigenvalue weighted by Crippen LogP contribution is -2.37. The Labute approximate surface area is 136 Å². The van der Waals surface area contributed by atoms with Gasteiger partial charge in [-0.3, -0.25) is 4.90 Å². The van der Waals surface area contributed by atoms with E-state index < -0.39 is 0 Å². The molecule has 0 radical (unpaired) electrons. The molecule has 7 heteroatoms. The molecule has 1 aliphatic heterocycles. The number of benzene rings is 1. The fraction of sp³-hybridized carbons (Fsp3) is 0.429. The number of rotatable bonds is 5. The normalized spacial score (nSPS) is 16.2. The van der Waals surface area contributed by atoms with E-state index in [-0.39, 0.29) is 0 Å². The Morgan fingerprint density at radius 2 is 2.00 bits per heavy atom. The number of aromatic nitrogens is 2. The molecule has 0 unspecified atom stereocenters. The Bertz CT molecular complexity index is 587. The molecule has 1 aromatic carbocycles. The van der Waals surface area contributed by atoms with Gasteiger partial charge in [0.25, 0.3) is 5.22 Å². The summed E-state index contributed by atoms with van der Waals surface area (Å²) in [6, 6.07) is 7.84. The molecule has 2 heterocycles. The first-order chi connectivity index (χ1) is 10.3. The van der Waals surface area contributed by atoms with Gasteiger partial charge in [0.05, 0.1) is 18.8 Å². The van der Waals surface area contributed by atoms with E-state index in [1.54, 1.807) is 11.8 Å². The van der Waals surface area contributed by atoms with Crippen molar-refractivity contribution in [2.24, 2.45) is 0 Å². The van der Waals surface area contributed by atoms with Crippen molar-refractivity contribution in [3.05, 3.63) is 28.7 Å². The molecule has 0 amide bonds. The van der Waals surface area contributed by atoms with Crippen LogP contribution in [0.2, 0.25) is 0 Å². The second-order valence-corrected chi connectivity index (χ2v) is 6.56. The summed E-state index contributed by atoms with van der Waals surface area (Å²) in [5.41, 5.74) is 0.921. The first-order valence-corrected chi connectivity index (χ1v) is 8.62. The Kier molecular flexibility index (Phi) is 5.29. The van der Waals surface area contributed by atoms with Crippen molar-refractivity contribution >= 4 is 27.7 Å². The van der Waals surface area contributed by atoms with E-state index in [4.69, 9.17) is 9.15 Å². The third-order valence-electron chi connectivity index (χ3n) is 3.25. The number of hydrogen-bond acceptors (Lipinski definition) is 6. The lowest BCUT2D eigenvalue weighted by atomic mass is 10.2. The highest BCUT2D eigenvalue weighted by Gasteiger charge is 2.13. The van der Waals surface area contributed by atoms with E-state index in [0.717, 1.165) is 48.6 Å². The van der Waals surface area contributed by atoms with Crippen LogP contribution >= 0.6 is 27.7 Å². The van der Waals surface area contributed by atoms with Crippen LogP contribution in [0.25, 0.3) is 11.5 Å². The molecular formula is C14H16BrN3O2S. The van der Waals surface area contributed by atoms with Gasteiger partial charge < -0.3 is 9.15 Å². The van der Waals surface area contributed by atoms with Crippen LogP contribution in [0.4, 0.5) is 0 Å². The number of hydrogen-bond donors (Lipinski definition) is 0. The summed E-state index contributed by atoms with van der Waals surface area (Å²) in [6.45, 7) is 4.69. The van der Waals surface area contributed by atoms with Crippen LogP contribution in [0.15, 0.2) is 38.4 Å². The Morgan fingerprint density at radius 1 is 1.19 bits per heavy atom. The molecule has 5 nitrogen and oxygen atoms in total. The van der Waals surface area contributed by atoms with Gasteiger partial charge in [-0.1, -0.05) is 23.9 Å². The van der Waals surface area contributed by atoms with Gasteiger partial charge in [0.1, 0.15) is 0 Å². The fourth-order valence-corrected chi connectivity index (χ4v) is 3.31. The molecule has 1 aliphatic rings. The maximum atomic E-state index is 5.71. The Hall–Kier alpha value is -0.890. The zero-order valence-electron chi connectivity index (χ0n) is 11.5. The van der Waals surface area contributed by atoms with Crippen molar-refractivity contribution in [2.75, 3.05) is 38.6 Å². The van der Waals surface area contributed by atoms with Gasteiger partial charge in [-0.15, -0.1) is 10.2 Å². The molecule has 112 valence electrons. The van der Waals surface area contributed by atoms with Gasteiger partial charge in [0, 0.05) is 29.9 Å². The Balaban J connectivity index is 1.54. The molecule has 0 saturated carbocycles. The van der Waals surface area contributed by atoms with Crippen LogP contribution < -0.4 is 0 Å². The molecule has 1 fully saturated rings. The van der Waals surface area contributed by atoms with E-state index >= 15 is 0 Å². The number of nitrogens with zero attached hydrogens (tertiary/aromatic N) is 3. The second-order valence-electron chi connectivity index (χ2n) is 4.66. The van der Waals surface area contributed by atoms with Crippen LogP contribution in [0.3, 0.4) is 0 Å². The molecular weight excluding hydrogens is 354 g/mol. The average Bonchev–Trinajstić information content (AvgIpc) is 2.97. The lowest BCUT2D eigenvalue weighted by molar-refractivity contribution is 0.0410. The quantitative estimate of drug-likeness (QED) is 0.755. The molecule has 0 aliphatic carbocycles. The maximum absolute atomic E-state index is 5.71. The van der Waals surface area contributed by atoms with Crippen molar-refractivity contribution in [1.82, 2.24) is 15.1 Å². The molecule has 21 heavy (non-hydrogen) atoms. The molecule has 1 aromatic heterocycles. The van der Waals surface area contributed by atoms with Gasteiger partial charge >= 0.3 is 0 Å². The molecule has 0 atom stereocenters. The predicted molar refractivity (Wildman–Crippen MR) is 85.4 cm³/mol. The summed E-state index contributed by atoms with van der Waals surface area (Å²) in [6.07, 6.45) is 0. The molecule has 2 aromatic rings. The van der Waals surface area contributed by atoms with Crippen molar-refractivity contribution < 1.29 is 9.15 Å². The maximum Gasteiger partial charge on any atom is 0.276 e. The summed E-state index contributed by atoms with van der Waals surface area (Å²) in [4.78, 5) is 2.39. The number of ether oxygens (including phenoxy) is 1. The van der Waals surface area contributed by atoms with E-state index in [2.05, 4.69) is 31.0 Å².